The third-order valence-electron chi connectivity index (χ3n) is 4.55. The van der Waals surface area contributed by atoms with E-state index in [9.17, 15) is 9.18 Å². The zero-order valence-corrected chi connectivity index (χ0v) is 13.0. The number of halogens is 1. The van der Waals surface area contributed by atoms with Crippen LogP contribution in [0.25, 0.3) is 0 Å². The third-order valence-corrected chi connectivity index (χ3v) is 4.55. The fourth-order valence-electron chi connectivity index (χ4n) is 3.09. The second kappa shape index (κ2) is 6.24. The molecular weight excluding hydrogens is 285 g/mol. The molecule has 0 saturated carbocycles. The van der Waals surface area contributed by atoms with Crippen molar-refractivity contribution in [1.82, 2.24) is 0 Å². The molecule has 22 heavy (non-hydrogen) atoms. The molecular formula is C17H22FNO3. The van der Waals surface area contributed by atoms with E-state index in [1.807, 2.05) is 0 Å². The van der Waals surface area contributed by atoms with Gasteiger partial charge < -0.3 is 9.47 Å². The highest BCUT2D eigenvalue weighted by Gasteiger charge is 2.32. The summed E-state index contributed by atoms with van der Waals surface area (Å²) in [6.07, 6.45) is 1.01. The number of carbonyl (C=O) groups excluding carboxylic acids is 1. The normalized spacial score (nSPS) is 24.5. The predicted octanol–water partition coefficient (Wildman–Crippen LogP) is 3.39. The summed E-state index contributed by atoms with van der Waals surface area (Å²) in [5, 5.41) is 0. The van der Waals surface area contributed by atoms with Crippen molar-refractivity contribution < 1.29 is 18.7 Å². The standard InChI is InChI=1S/C17H22FNO3/c1-11(2)13-7-12-8-14(18)3-4-16(12)19(9-13)17(20)22-15-5-6-21-10-15/h3-4,8,11,13,15H,5-7,9-10H2,1-2H3. The van der Waals surface area contributed by atoms with Gasteiger partial charge in [0.1, 0.15) is 11.9 Å². The lowest BCUT2D eigenvalue weighted by Crippen LogP contribution is -2.43. The predicted molar refractivity (Wildman–Crippen MR) is 81.5 cm³/mol. The molecule has 120 valence electrons. The van der Waals surface area contributed by atoms with Gasteiger partial charge in [-0.3, -0.25) is 4.90 Å². The van der Waals surface area contributed by atoms with Gasteiger partial charge in [-0.15, -0.1) is 0 Å². The minimum atomic E-state index is -0.353. The Morgan fingerprint density at radius 3 is 2.95 bits per heavy atom. The molecule has 1 aromatic carbocycles. The van der Waals surface area contributed by atoms with Gasteiger partial charge in [-0.2, -0.15) is 0 Å². The topological polar surface area (TPSA) is 38.8 Å². The molecule has 0 spiro atoms. The van der Waals surface area contributed by atoms with Crippen LogP contribution in [0.5, 0.6) is 0 Å². The molecule has 2 aliphatic rings. The summed E-state index contributed by atoms with van der Waals surface area (Å²) in [6.45, 7) is 5.97. The van der Waals surface area contributed by atoms with Crippen LogP contribution < -0.4 is 4.90 Å². The van der Waals surface area contributed by atoms with Crippen LogP contribution in [0.1, 0.15) is 25.8 Å². The molecule has 4 nitrogen and oxygen atoms in total. The first-order valence-electron chi connectivity index (χ1n) is 7.89. The quantitative estimate of drug-likeness (QED) is 0.840. The van der Waals surface area contributed by atoms with Gasteiger partial charge >= 0.3 is 6.09 Å². The molecule has 5 heteroatoms. The summed E-state index contributed by atoms with van der Waals surface area (Å²) in [7, 11) is 0. The second-order valence-electron chi connectivity index (χ2n) is 6.46. The maximum atomic E-state index is 13.5. The van der Waals surface area contributed by atoms with Crippen molar-refractivity contribution in [1.29, 1.82) is 0 Å². The highest BCUT2D eigenvalue weighted by Crippen LogP contribution is 2.34. The van der Waals surface area contributed by atoms with Gasteiger partial charge in [0.05, 0.1) is 18.9 Å². The average Bonchev–Trinajstić information content (AvgIpc) is 2.98. The first-order chi connectivity index (χ1) is 10.5. The molecule has 2 heterocycles. The molecule has 1 aromatic rings. The maximum Gasteiger partial charge on any atom is 0.414 e. The third kappa shape index (κ3) is 3.09. The van der Waals surface area contributed by atoms with Gasteiger partial charge in [0.15, 0.2) is 0 Å². The van der Waals surface area contributed by atoms with Crippen molar-refractivity contribution in [3.63, 3.8) is 0 Å². The van der Waals surface area contributed by atoms with Gasteiger partial charge in [0, 0.05) is 13.0 Å². The summed E-state index contributed by atoms with van der Waals surface area (Å²) < 4.78 is 24.3. The summed E-state index contributed by atoms with van der Waals surface area (Å²) in [4.78, 5) is 14.2. The lowest BCUT2D eigenvalue weighted by molar-refractivity contribution is 0.0867. The second-order valence-corrected chi connectivity index (χ2v) is 6.46. The Bertz CT molecular complexity index is 555. The highest BCUT2D eigenvalue weighted by atomic mass is 19.1. The zero-order chi connectivity index (χ0) is 15.7. The smallest absolute Gasteiger partial charge is 0.414 e. The number of nitrogens with zero attached hydrogens (tertiary/aromatic N) is 1. The van der Waals surface area contributed by atoms with Crippen LogP contribution in [0.3, 0.4) is 0 Å². The first-order valence-corrected chi connectivity index (χ1v) is 7.89. The molecule has 0 N–H and O–H groups in total. The van der Waals surface area contributed by atoms with Crippen LogP contribution in [-0.2, 0) is 15.9 Å². The molecule has 2 aliphatic heterocycles. The number of benzene rings is 1. The Balaban J connectivity index is 1.83. The zero-order valence-electron chi connectivity index (χ0n) is 13.0. The number of anilines is 1. The van der Waals surface area contributed by atoms with Crippen LogP contribution in [0, 0.1) is 17.7 Å². The monoisotopic (exact) mass is 307 g/mol. The van der Waals surface area contributed by atoms with Crippen molar-refractivity contribution in [3.05, 3.63) is 29.6 Å². The molecule has 3 rings (SSSR count). The van der Waals surface area contributed by atoms with Crippen molar-refractivity contribution in [2.45, 2.75) is 32.8 Å². The van der Waals surface area contributed by atoms with E-state index in [0.717, 1.165) is 24.1 Å². The van der Waals surface area contributed by atoms with E-state index in [-0.39, 0.29) is 18.0 Å². The minimum Gasteiger partial charge on any atom is -0.443 e. The van der Waals surface area contributed by atoms with Gasteiger partial charge in [-0.05, 0) is 42.0 Å². The summed E-state index contributed by atoms with van der Waals surface area (Å²) in [6, 6.07) is 4.60. The van der Waals surface area contributed by atoms with Crippen LogP contribution in [0.4, 0.5) is 14.9 Å². The van der Waals surface area contributed by atoms with E-state index in [2.05, 4.69) is 13.8 Å². The average molecular weight is 307 g/mol. The molecule has 0 aromatic heterocycles. The molecule has 1 saturated heterocycles. The number of ether oxygens (including phenoxy) is 2. The summed E-state index contributed by atoms with van der Waals surface area (Å²) in [5.74, 6) is 0.462. The Kier molecular flexibility index (Phi) is 4.34. The maximum absolute atomic E-state index is 13.5. The fourth-order valence-corrected chi connectivity index (χ4v) is 3.09. The number of hydrogen-bond acceptors (Lipinski definition) is 3. The van der Waals surface area contributed by atoms with Crippen LogP contribution in [0.15, 0.2) is 18.2 Å². The van der Waals surface area contributed by atoms with E-state index in [1.54, 1.807) is 11.0 Å². The number of hydrogen-bond donors (Lipinski definition) is 0. The number of fused-ring (bicyclic) bond motifs is 1. The Labute approximate surface area is 130 Å². The van der Waals surface area contributed by atoms with Gasteiger partial charge in [0.25, 0.3) is 0 Å². The fraction of sp³-hybridized carbons (Fsp3) is 0.588. The number of carbonyl (C=O) groups is 1. The molecule has 2 atom stereocenters. The number of amides is 1. The van der Waals surface area contributed by atoms with Crippen molar-refractivity contribution >= 4 is 11.8 Å². The summed E-state index contributed by atoms with van der Waals surface area (Å²) in [5.41, 5.74) is 1.65. The van der Waals surface area contributed by atoms with E-state index >= 15 is 0 Å². The van der Waals surface area contributed by atoms with Gasteiger partial charge in [0.2, 0.25) is 0 Å². The molecule has 0 aliphatic carbocycles. The SMILES string of the molecule is CC(C)C1Cc2cc(F)ccc2N(C(=O)OC2CCOC2)C1. The van der Waals surface area contributed by atoms with Crippen LogP contribution in [-0.4, -0.2) is 32.0 Å². The Hall–Kier alpha value is -1.62. The highest BCUT2D eigenvalue weighted by molar-refractivity contribution is 5.89. The van der Waals surface area contributed by atoms with E-state index in [1.165, 1.54) is 12.1 Å². The van der Waals surface area contributed by atoms with Crippen molar-refractivity contribution in [2.24, 2.45) is 11.8 Å². The van der Waals surface area contributed by atoms with Gasteiger partial charge in [-0.25, -0.2) is 9.18 Å². The lowest BCUT2D eigenvalue weighted by Gasteiger charge is -2.36. The first kappa shape index (κ1) is 15.3. The minimum absolute atomic E-state index is 0.171. The Morgan fingerprint density at radius 1 is 1.45 bits per heavy atom. The summed E-state index contributed by atoms with van der Waals surface area (Å²) >= 11 is 0. The van der Waals surface area contributed by atoms with Crippen LogP contribution in [0.2, 0.25) is 0 Å². The number of rotatable bonds is 2. The van der Waals surface area contributed by atoms with E-state index in [0.29, 0.717) is 31.6 Å². The molecule has 0 bridgehead atoms. The molecule has 2 unspecified atom stereocenters. The van der Waals surface area contributed by atoms with E-state index in [4.69, 9.17) is 9.47 Å². The van der Waals surface area contributed by atoms with E-state index < -0.39 is 0 Å². The lowest BCUT2D eigenvalue weighted by atomic mass is 9.85. The van der Waals surface area contributed by atoms with Crippen LogP contribution >= 0.6 is 0 Å². The van der Waals surface area contributed by atoms with Crippen molar-refractivity contribution in [3.8, 4) is 0 Å². The molecule has 1 amide bonds. The Morgan fingerprint density at radius 2 is 2.27 bits per heavy atom. The van der Waals surface area contributed by atoms with Gasteiger partial charge in [-0.1, -0.05) is 13.8 Å². The van der Waals surface area contributed by atoms with Crippen molar-refractivity contribution in [2.75, 3.05) is 24.7 Å². The molecule has 0 radical (unpaired) electrons. The molecule has 1 fully saturated rings. The largest absolute Gasteiger partial charge is 0.443 e.